The lowest BCUT2D eigenvalue weighted by molar-refractivity contribution is -0.117. The Morgan fingerprint density at radius 1 is 0.900 bits per heavy atom. The fourth-order valence-electron chi connectivity index (χ4n) is 2.14. The van der Waals surface area contributed by atoms with Crippen LogP contribution in [-0.2, 0) is 23.1 Å². The van der Waals surface area contributed by atoms with E-state index in [1.807, 2.05) is 12.1 Å². The van der Waals surface area contributed by atoms with Gasteiger partial charge in [-0.05, 0) is 34.2 Å². The van der Waals surface area contributed by atoms with Crippen LogP contribution >= 0.6 is 0 Å². The van der Waals surface area contributed by atoms with Crippen LogP contribution in [0.1, 0.15) is 37.5 Å². The SMILES string of the molecule is CC(C)(C)c1ccc(CC(=O)Cc2ccncc2)cc1. The first-order valence-corrected chi connectivity index (χ1v) is 6.95. The van der Waals surface area contributed by atoms with E-state index in [4.69, 9.17) is 0 Å². The van der Waals surface area contributed by atoms with Crippen molar-refractivity contribution in [1.29, 1.82) is 0 Å². The number of aromatic nitrogens is 1. The monoisotopic (exact) mass is 267 g/mol. The number of pyridine rings is 1. The molecule has 0 aliphatic rings. The highest BCUT2D eigenvalue weighted by Gasteiger charge is 2.13. The Morgan fingerprint density at radius 2 is 1.40 bits per heavy atom. The van der Waals surface area contributed by atoms with E-state index in [0.717, 1.165) is 11.1 Å². The van der Waals surface area contributed by atoms with Crippen molar-refractivity contribution < 1.29 is 4.79 Å². The molecule has 0 aliphatic heterocycles. The highest BCUT2D eigenvalue weighted by Crippen LogP contribution is 2.22. The quantitative estimate of drug-likeness (QED) is 0.844. The fraction of sp³-hybridized carbons (Fsp3) is 0.333. The molecule has 0 N–H and O–H groups in total. The van der Waals surface area contributed by atoms with Crippen molar-refractivity contribution in [1.82, 2.24) is 4.98 Å². The maximum atomic E-state index is 12.0. The second-order valence-electron chi connectivity index (χ2n) is 6.19. The third-order valence-electron chi connectivity index (χ3n) is 3.37. The van der Waals surface area contributed by atoms with Gasteiger partial charge in [0.2, 0.25) is 0 Å². The lowest BCUT2D eigenvalue weighted by atomic mass is 9.86. The number of nitrogens with zero attached hydrogens (tertiary/aromatic N) is 1. The molecule has 2 heteroatoms. The van der Waals surface area contributed by atoms with Gasteiger partial charge in [0, 0.05) is 25.2 Å². The van der Waals surface area contributed by atoms with E-state index < -0.39 is 0 Å². The third-order valence-corrected chi connectivity index (χ3v) is 3.37. The van der Waals surface area contributed by atoms with E-state index in [1.54, 1.807) is 12.4 Å². The van der Waals surface area contributed by atoms with Crippen LogP contribution in [0.2, 0.25) is 0 Å². The number of hydrogen-bond donors (Lipinski definition) is 0. The van der Waals surface area contributed by atoms with Gasteiger partial charge in [-0.25, -0.2) is 0 Å². The maximum absolute atomic E-state index is 12.0. The predicted molar refractivity (Wildman–Crippen MR) is 81.8 cm³/mol. The summed E-state index contributed by atoms with van der Waals surface area (Å²) < 4.78 is 0. The van der Waals surface area contributed by atoms with Crippen LogP contribution in [-0.4, -0.2) is 10.8 Å². The molecule has 20 heavy (non-hydrogen) atoms. The fourth-order valence-corrected chi connectivity index (χ4v) is 2.14. The van der Waals surface area contributed by atoms with Gasteiger partial charge in [-0.15, -0.1) is 0 Å². The number of rotatable bonds is 4. The Labute approximate surface area is 120 Å². The highest BCUT2D eigenvalue weighted by molar-refractivity contribution is 5.83. The smallest absolute Gasteiger partial charge is 0.141 e. The third kappa shape index (κ3) is 4.02. The minimum atomic E-state index is 0.152. The van der Waals surface area contributed by atoms with Crippen molar-refractivity contribution in [2.75, 3.05) is 0 Å². The highest BCUT2D eigenvalue weighted by atomic mass is 16.1. The molecular formula is C18H21NO. The standard InChI is InChI=1S/C18H21NO/c1-18(2,3)16-6-4-14(5-7-16)12-17(20)13-15-8-10-19-11-9-15/h4-11H,12-13H2,1-3H3. The van der Waals surface area contributed by atoms with E-state index in [0.29, 0.717) is 12.8 Å². The van der Waals surface area contributed by atoms with Gasteiger partial charge >= 0.3 is 0 Å². The molecule has 0 saturated carbocycles. The molecule has 0 atom stereocenters. The van der Waals surface area contributed by atoms with Crippen LogP contribution in [0.5, 0.6) is 0 Å². The summed E-state index contributed by atoms with van der Waals surface area (Å²) in [6.45, 7) is 6.57. The summed E-state index contributed by atoms with van der Waals surface area (Å²) in [5, 5.41) is 0. The number of carbonyl (C=O) groups is 1. The molecule has 0 bridgehead atoms. The zero-order valence-electron chi connectivity index (χ0n) is 12.4. The molecule has 1 aromatic heterocycles. The van der Waals surface area contributed by atoms with Gasteiger partial charge in [-0.3, -0.25) is 9.78 Å². The first-order valence-electron chi connectivity index (χ1n) is 6.95. The van der Waals surface area contributed by atoms with Crippen molar-refractivity contribution in [2.24, 2.45) is 0 Å². The normalized spacial score (nSPS) is 11.3. The molecule has 0 fully saturated rings. The van der Waals surface area contributed by atoms with Gasteiger partial charge in [0.05, 0.1) is 0 Å². The largest absolute Gasteiger partial charge is 0.299 e. The van der Waals surface area contributed by atoms with E-state index in [-0.39, 0.29) is 11.2 Å². The Bertz CT molecular complexity index is 565. The number of Topliss-reactive ketones (excluding diaryl/α,β-unsaturated/α-hetero) is 1. The molecule has 1 aromatic carbocycles. The van der Waals surface area contributed by atoms with E-state index in [9.17, 15) is 4.79 Å². The van der Waals surface area contributed by atoms with E-state index in [1.165, 1.54) is 5.56 Å². The molecule has 0 spiro atoms. The molecule has 0 saturated heterocycles. The van der Waals surface area contributed by atoms with Crippen molar-refractivity contribution in [3.8, 4) is 0 Å². The lowest BCUT2D eigenvalue weighted by Crippen LogP contribution is -2.11. The van der Waals surface area contributed by atoms with Crippen molar-refractivity contribution in [2.45, 2.75) is 39.0 Å². The molecule has 0 aliphatic carbocycles. The van der Waals surface area contributed by atoms with Gasteiger partial charge in [0.25, 0.3) is 0 Å². The Morgan fingerprint density at radius 3 is 1.90 bits per heavy atom. The van der Waals surface area contributed by atoms with Gasteiger partial charge in [0.15, 0.2) is 0 Å². The second kappa shape index (κ2) is 6.00. The number of benzene rings is 1. The Balaban J connectivity index is 1.98. The van der Waals surface area contributed by atoms with Crippen LogP contribution in [0.4, 0.5) is 0 Å². The summed E-state index contributed by atoms with van der Waals surface area (Å²) in [4.78, 5) is 16.0. The lowest BCUT2D eigenvalue weighted by Gasteiger charge is -2.19. The van der Waals surface area contributed by atoms with Crippen molar-refractivity contribution >= 4 is 5.78 Å². The number of hydrogen-bond acceptors (Lipinski definition) is 2. The average molecular weight is 267 g/mol. The van der Waals surface area contributed by atoms with Crippen LogP contribution in [0.25, 0.3) is 0 Å². The first-order chi connectivity index (χ1) is 9.45. The molecule has 1 heterocycles. The van der Waals surface area contributed by atoms with Crippen molar-refractivity contribution in [3.05, 3.63) is 65.5 Å². The summed E-state index contributed by atoms with van der Waals surface area (Å²) in [5.41, 5.74) is 3.55. The molecular weight excluding hydrogens is 246 g/mol. The zero-order valence-corrected chi connectivity index (χ0v) is 12.4. The topological polar surface area (TPSA) is 30.0 Å². The number of carbonyl (C=O) groups excluding carboxylic acids is 1. The number of ketones is 1. The molecule has 2 aromatic rings. The molecule has 0 radical (unpaired) electrons. The summed E-state index contributed by atoms with van der Waals surface area (Å²) in [6, 6.07) is 12.1. The summed E-state index contributed by atoms with van der Waals surface area (Å²) in [7, 11) is 0. The summed E-state index contributed by atoms with van der Waals surface area (Å²) in [5.74, 6) is 0.236. The van der Waals surface area contributed by atoms with Gasteiger partial charge in [0.1, 0.15) is 5.78 Å². The molecule has 0 amide bonds. The Kier molecular flexibility index (Phi) is 4.33. The minimum absolute atomic E-state index is 0.152. The molecule has 2 nitrogen and oxygen atoms in total. The van der Waals surface area contributed by atoms with Gasteiger partial charge < -0.3 is 0 Å². The summed E-state index contributed by atoms with van der Waals surface area (Å²) in [6.07, 6.45) is 4.41. The average Bonchev–Trinajstić information content (AvgIpc) is 2.39. The maximum Gasteiger partial charge on any atom is 0.141 e. The predicted octanol–water partition coefficient (Wildman–Crippen LogP) is 3.73. The van der Waals surface area contributed by atoms with Crippen LogP contribution in [0, 0.1) is 0 Å². The van der Waals surface area contributed by atoms with E-state index in [2.05, 4.69) is 50.0 Å². The molecule has 104 valence electrons. The van der Waals surface area contributed by atoms with Crippen LogP contribution in [0.15, 0.2) is 48.8 Å². The summed E-state index contributed by atoms with van der Waals surface area (Å²) >= 11 is 0. The Hall–Kier alpha value is -1.96. The van der Waals surface area contributed by atoms with Crippen LogP contribution in [0.3, 0.4) is 0 Å². The van der Waals surface area contributed by atoms with E-state index >= 15 is 0 Å². The van der Waals surface area contributed by atoms with Gasteiger partial charge in [-0.2, -0.15) is 0 Å². The second-order valence-corrected chi connectivity index (χ2v) is 6.19. The first kappa shape index (κ1) is 14.4. The van der Waals surface area contributed by atoms with Crippen LogP contribution < -0.4 is 0 Å². The molecule has 2 rings (SSSR count). The molecule has 0 unspecified atom stereocenters. The van der Waals surface area contributed by atoms with Crippen molar-refractivity contribution in [3.63, 3.8) is 0 Å². The zero-order chi connectivity index (χ0) is 14.6. The minimum Gasteiger partial charge on any atom is -0.299 e. The van der Waals surface area contributed by atoms with Gasteiger partial charge in [-0.1, -0.05) is 45.0 Å².